The van der Waals surface area contributed by atoms with E-state index in [1.807, 2.05) is 76.2 Å². The minimum atomic E-state index is 0.739. The van der Waals surface area contributed by atoms with Crippen molar-refractivity contribution in [2.75, 3.05) is 6.61 Å². The molecule has 2 nitrogen and oxygen atoms in total. The van der Waals surface area contributed by atoms with Gasteiger partial charge in [-0.15, -0.1) is 0 Å². The Balaban J connectivity index is 0.000000209. The third-order valence-corrected chi connectivity index (χ3v) is 3.07. The SMILES string of the molecule is CC.CCOc1ccc(C)cc1.Cc1ccc2ccccc2n1. The highest BCUT2D eigenvalue weighted by atomic mass is 16.5. The van der Waals surface area contributed by atoms with Crippen LogP contribution in [0.2, 0.25) is 0 Å². The van der Waals surface area contributed by atoms with E-state index in [2.05, 4.69) is 24.0 Å². The van der Waals surface area contributed by atoms with Gasteiger partial charge in [-0.1, -0.05) is 55.8 Å². The highest BCUT2D eigenvalue weighted by Gasteiger charge is 1.91. The van der Waals surface area contributed by atoms with Crippen LogP contribution in [0.3, 0.4) is 0 Å². The predicted octanol–water partition coefficient (Wildman–Crippen LogP) is 5.96. The lowest BCUT2D eigenvalue weighted by molar-refractivity contribution is 0.340. The van der Waals surface area contributed by atoms with Crippen LogP contribution in [0.25, 0.3) is 10.9 Å². The number of nitrogens with zero attached hydrogens (tertiary/aromatic N) is 1. The van der Waals surface area contributed by atoms with Crippen LogP contribution in [0.1, 0.15) is 32.0 Å². The van der Waals surface area contributed by atoms with E-state index in [0.29, 0.717) is 0 Å². The first-order valence-electron chi connectivity index (χ1n) is 8.21. The number of fused-ring (bicyclic) bond motifs is 1. The van der Waals surface area contributed by atoms with Gasteiger partial charge in [0.2, 0.25) is 0 Å². The maximum Gasteiger partial charge on any atom is 0.119 e. The van der Waals surface area contributed by atoms with Crippen molar-refractivity contribution in [2.24, 2.45) is 0 Å². The highest BCUT2D eigenvalue weighted by molar-refractivity contribution is 5.78. The summed E-state index contributed by atoms with van der Waals surface area (Å²) in [4.78, 5) is 4.38. The number of hydrogen-bond donors (Lipinski definition) is 0. The number of para-hydroxylation sites is 1. The summed E-state index contributed by atoms with van der Waals surface area (Å²) in [6.45, 7) is 10.8. The molecule has 0 aliphatic carbocycles. The largest absolute Gasteiger partial charge is 0.494 e. The molecular formula is C21H27NO. The standard InChI is InChI=1S/C10H9N.C9H12O.C2H6/c1-8-6-7-9-4-2-3-5-10(9)11-8;1-3-10-9-6-4-8(2)5-7-9;1-2/h2-7H,1H3;4-7H,3H2,1-2H3;1-2H3. The molecule has 2 aromatic carbocycles. The van der Waals surface area contributed by atoms with Gasteiger partial charge in [0.05, 0.1) is 12.1 Å². The summed E-state index contributed by atoms with van der Waals surface area (Å²) in [6.07, 6.45) is 0. The molecule has 0 saturated carbocycles. The molecule has 3 rings (SSSR count). The van der Waals surface area contributed by atoms with Gasteiger partial charge in [-0.25, -0.2) is 0 Å². The summed E-state index contributed by atoms with van der Waals surface area (Å²) in [6, 6.07) is 20.3. The van der Waals surface area contributed by atoms with Crippen LogP contribution in [-0.2, 0) is 0 Å². The van der Waals surface area contributed by atoms with Crippen molar-refractivity contribution in [1.82, 2.24) is 4.98 Å². The monoisotopic (exact) mass is 309 g/mol. The van der Waals surface area contributed by atoms with Crippen molar-refractivity contribution in [1.29, 1.82) is 0 Å². The summed E-state index contributed by atoms with van der Waals surface area (Å²) in [5, 5.41) is 1.21. The van der Waals surface area contributed by atoms with E-state index in [0.717, 1.165) is 23.6 Å². The molecule has 2 heteroatoms. The third kappa shape index (κ3) is 6.52. The van der Waals surface area contributed by atoms with Gasteiger partial charge in [-0.3, -0.25) is 4.98 Å². The molecule has 1 heterocycles. The minimum absolute atomic E-state index is 0.739. The molecule has 122 valence electrons. The van der Waals surface area contributed by atoms with Crippen LogP contribution >= 0.6 is 0 Å². The van der Waals surface area contributed by atoms with Gasteiger partial charge < -0.3 is 4.74 Å². The normalized spacial score (nSPS) is 9.26. The molecule has 0 unspecified atom stereocenters. The van der Waals surface area contributed by atoms with Gasteiger partial charge in [0.1, 0.15) is 5.75 Å². The second kappa shape index (κ2) is 10.4. The maximum atomic E-state index is 5.26. The first-order valence-corrected chi connectivity index (χ1v) is 8.21. The van der Waals surface area contributed by atoms with E-state index >= 15 is 0 Å². The topological polar surface area (TPSA) is 22.1 Å². The fraction of sp³-hybridized carbons (Fsp3) is 0.286. The summed E-state index contributed by atoms with van der Waals surface area (Å²) in [7, 11) is 0. The van der Waals surface area contributed by atoms with Crippen molar-refractivity contribution in [3.05, 3.63) is 71.9 Å². The average Bonchev–Trinajstić information content (AvgIpc) is 2.59. The van der Waals surface area contributed by atoms with Gasteiger partial charge in [-0.2, -0.15) is 0 Å². The van der Waals surface area contributed by atoms with E-state index in [9.17, 15) is 0 Å². The number of hydrogen-bond acceptors (Lipinski definition) is 2. The zero-order chi connectivity index (χ0) is 17.1. The summed E-state index contributed by atoms with van der Waals surface area (Å²) < 4.78 is 5.26. The lowest BCUT2D eigenvalue weighted by Crippen LogP contribution is -1.90. The summed E-state index contributed by atoms with van der Waals surface area (Å²) >= 11 is 0. The van der Waals surface area contributed by atoms with E-state index in [-0.39, 0.29) is 0 Å². The van der Waals surface area contributed by atoms with Crippen molar-refractivity contribution in [3.63, 3.8) is 0 Å². The molecule has 1 aromatic heterocycles. The highest BCUT2D eigenvalue weighted by Crippen LogP contribution is 2.11. The quantitative estimate of drug-likeness (QED) is 0.582. The second-order valence-corrected chi connectivity index (χ2v) is 4.89. The molecule has 0 aliphatic heterocycles. The molecule has 0 bridgehead atoms. The lowest BCUT2D eigenvalue weighted by Gasteiger charge is -2.01. The Bertz CT molecular complexity index is 690. The Morgan fingerprint density at radius 2 is 1.48 bits per heavy atom. The summed E-state index contributed by atoms with van der Waals surface area (Å²) in [5.74, 6) is 0.952. The van der Waals surface area contributed by atoms with Crippen LogP contribution in [0.15, 0.2) is 60.7 Å². The number of benzene rings is 2. The molecule has 0 atom stereocenters. The zero-order valence-electron chi connectivity index (χ0n) is 14.8. The third-order valence-electron chi connectivity index (χ3n) is 3.07. The molecule has 0 fully saturated rings. The molecule has 0 radical (unpaired) electrons. The molecule has 0 spiro atoms. The van der Waals surface area contributed by atoms with Crippen molar-refractivity contribution in [2.45, 2.75) is 34.6 Å². The lowest BCUT2D eigenvalue weighted by atomic mass is 10.2. The first kappa shape index (κ1) is 18.7. The smallest absolute Gasteiger partial charge is 0.119 e. The number of aromatic nitrogens is 1. The van der Waals surface area contributed by atoms with Crippen molar-refractivity contribution < 1.29 is 4.74 Å². The van der Waals surface area contributed by atoms with Gasteiger partial charge in [0.15, 0.2) is 0 Å². The first-order chi connectivity index (χ1) is 11.2. The Labute approximate surface area is 140 Å². The Hall–Kier alpha value is -2.35. The number of rotatable bonds is 2. The van der Waals surface area contributed by atoms with Crippen LogP contribution in [0.5, 0.6) is 5.75 Å². The molecule has 0 saturated heterocycles. The molecule has 0 aliphatic rings. The minimum Gasteiger partial charge on any atom is -0.494 e. The van der Waals surface area contributed by atoms with E-state index < -0.39 is 0 Å². The Kier molecular flexibility index (Phi) is 8.45. The molecule has 23 heavy (non-hydrogen) atoms. The van der Waals surface area contributed by atoms with Crippen molar-refractivity contribution >= 4 is 10.9 Å². The van der Waals surface area contributed by atoms with Gasteiger partial charge in [-0.05, 0) is 45.0 Å². The van der Waals surface area contributed by atoms with Gasteiger partial charge in [0.25, 0.3) is 0 Å². The number of aryl methyl sites for hydroxylation is 2. The van der Waals surface area contributed by atoms with Crippen LogP contribution in [-0.4, -0.2) is 11.6 Å². The molecule has 0 amide bonds. The zero-order valence-corrected chi connectivity index (χ0v) is 14.8. The second-order valence-electron chi connectivity index (χ2n) is 4.89. The van der Waals surface area contributed by atoms with E-state index in [1.165, 1.54) is 10.9 Å². The molecule has 0 N–H and O–H groups in total. The number of pyridine rings is 1. The number of ether oxygens (including phenoxy) is 1. The predicted molar refractivity (Wildman–Crippen MR) is 100 cm³/mol. The fourth-order valence-corrected chi connectivity index (χ4v) is 1.97. The van der Waals surface area contributed by atoms with E-state index in [1.54, 1.807) is 0 Å². The molecular weight excluding hydrogens is 282 g/mol. The summed E-state index contributed by atoms with van der Waals surface area (Å²) in [5.41, 5.74) is 3.42. The van der Waals surface area contributed by atoms with Crippen LogP contribution in [0.4, 0.5) is 0 Å². The van der Waals surface area contributed by atoms with Crippen molar-refractivity contribution in [3.8, 4) is 5.75 Å². The molecule has 3 aromatic rings. The van der Waals surface area contributed by atoms with Crippen LogP contribution in [0, 0.1) is 13.8 Å². The van der Waals surface area contributed by atoms with Gasteiger partial charge in [0, 0.05) is 11.1 Å². The maximum absolute atomic E-state index is 5.26. The Morgan fingerprint density at radius 3 is 2.13 bits per heavy atom. The van der Waals surface area contributed by atoms with E-state index in [4.69, 9.17) is 4.74 Å². The van der Waals surface area contributed by atoms with Crippen LogP contribution < -0.4 is 4.74 Å². The van der Waals surface area contributed by atoms with Gasteiger partial charge >= 0.3 is 0 Å². The average molecular weight is 309 g/mol. The fourth-order valence-electron chi connectivity index (χ4n) is 1.97. The Morgan fingerprint density at radius 1 is 0.826 bits per heavy atom.